The minimum Gasteiger partial charge on any atom is -0.298 e. The van der Waals surface area contributed by atoms with Crippen molar-refractivity contribution in [2.45, 2.75) is 0 Å². The molecule has 0 radical (unpaired) electrons. The summed E-state index contributed by atoms with van der Waals surface area (Å²) in [5.74, 6) is 0. The van der Waals surface area contributed by atoms with Crippen LogP contribution in [0.2, 0.25) is 5.02 Å². The normalized spacial score (nSPS) is 9.65. The van der Waals surface area contributed by atoms with Gasteiger partial charge in [0.2, 0.25) is 0 Å². The molecular formula is C14H8ClNO. The van der Waals surface area contributed by atoms with E-state index in [4.69, 9.17) is 16.9 Å². The summed E-state index contributed by atoms with van der Waals surface area (Å²) in [7, 11) is 0. The Morgan fingerprint density at radius 3 is 2.65 bits per heavy atom. The molecule has 0 aromatic heterocycles. The maximum atomic E-state index is 10.7. The van der Waals surface area contributed by atoms with E-state index in [1.165, 1.54) is 0 Å². The Labute approximate surface area is 104 Å². The third kappa shape index (κ3) is 2.52. The molecule has 17 heavy (non-hydrogen) atoms. The van der Waals surface area contributed by atoms with Crippen molar-refractivity contribution in [2.75, 3.05) is 0 Å². The van der Waals surface area contributed by atoms with Crippen molar-refractivity contribution in [1.82, 2.24) is 0 Å². The topological polar surface area (TPSA) is 40.9 Å². The standard InChI is InChI=1S/C14H8ClNO/c15-14-6-11(8-16)5-13(7-14)12-3-1-2-10(4-12)9-17/h1-7,9H. The van der Waals surface area contributed by atoms with Crippen molar-refractivity contribution in [2.24, 2.45) is 0 Å². The maximum Gasteiger partial charge on any atom is 0.150 e. The smallest absolute Gasteiger partial charge is 0.150 e. The van der Waals surface area contributed by atoms with Gasteiger partial charge in [0.25, 0.3) is 0 Å². The highest BCUT2D eigenvalue weighted by atomic mass is 35.5. The molecule has 2 aromatic carbocycles. The van der Waals surface area contributed by atoms with Crippen molar-refractivity contribution in [3.63, 3.8) is 0 Å². The van der Waals surface area contributed by atoms with Gasteiger partial charge < -0.3 is 0 Å². The van der Waals surface area contributed by atoms with Gasteiger partial charge in [-0.3, -0.25) is 4.79 Å². The van der Waals surface area contributed by atoms with Crippen LogP contribution in [-0.2, 0) is 0 Å². The van der Waals surface area contributed by atoms with Gasteiger partial charge in [-0.2, -0.15) is 5.26 Å². The van der Waals surface area contributed by atoms with Crippen LogP contribution in [0.1, 0.15) is 15.9 Å². The summed E-state index contributed by atoms with van der Waals surface area (Å²) in [6, 6.07) is 14.3. The first-order valence-electron chi connectivity index (χ1n) is 4.99. The summed E-state index contributed by atoms with van der Waals surface area (Å²) in [6.45, 7) is 0. The Kier molecular flexibility index (Phi) is 3.22. The second-order valence-corrected chi connectivity index (χ2v) is 4.02. The number of hydrogen-bond acceptors (Lipinski definition) is 2. The predicted molar refractivity (Wildman–Crippen MR) is 67.0 cm³/mol. The molecule has 0 heterocycles. The molecule has 82 valence electrons. The van der Waals surface area contributed by atoms with Crippen LogP contribution >= 0.6 is 11.6 Å². The minimum atomic E-state index is 0.504. The van der Waals surface area contributed by atoms with E-state index >= 15 is 0 Å². The SMILES string of the molecule is N#Cc1cc(Cl)cc(-c2cccc(C=O)c2)c1. The zero-order chi connectivity index (χ0) is 12.3. The molecule has 0 unspecified atom stereocenters. The number of carbonyl (C=O) groups is 1. The van der Waals surface area contributed by atoms with E-state index in [1.54, 1.807) is 36.4 Å². The van der Waals surface area contributed by atoms with Crippen LogP contribution in [0.15, 0.2) is 42.5 Å². The van der Waals surface area contributed by atoms with Crippen LogP contribution in [0.25, 0.3) is 11.1 Å². The van der Waals surface area contributed by atoms with Gasteiger partial charge in [-0.1, -0.05) is 29.8 Å². The average Bonchev–Trinajstić information content (AvgIpc) is 2.38. The number of halogens is 1. The van der Waals surface area contributed by atoms with Crippen LogP contribution in [-0.4, -0.2) is 6.29 Å². The molecule has 0 fully saturated rings. The van der Waals surface area contributed by atoms with E-state index in [9.17, 15) is 4.79 Å². The van der Waals surface area contributed by atoms with Crippen molar-refractivity contribution in [1.29, 1.82) is 5.26 Å². The summed E-state index contributed by atoms with van der Waals surface area (Å²) >= 11 is 5.93. The molecule has 0 spiro atoms. The van der Waals surface area contributed by atoms with E-state index < -0.39 is 0 Å². The number of rotatable bonds is 2. The summed E-state index contributed by atoms with van der Waals surface area (Å²) in [5, 5.41) is 9.38. The van der Waals surface area contributed by atoms with Gasteiger partial charge in [0.05, 0.1) is 11.6 Å². The molecule has 0 bridgehead atoms. The Morgan fingerprint density at radius 1 is 1.12 bits per heavy atom. The fourth-order valence-electron chi connectivity index (χ4n) is 1.61. The zero-order valence-corrected chi connectivity index (χ0v) is 9.61. The molecule has 0 aliphatic rings. The second-order valence-electron chi connectivity index (χ2n) is 3.58. The first-order chi connectivity index (χ1) is 8.22. The highest BCUT2D eigenvalue weighted by molar-refractivity contribution is 6.31. The van der Waals surface area contributed by atoms with E-state index in [0.29, 0.717) is 16.1 Å². The Hall–Kier alpha value is -2.11. The highest BCUT2D eigenvalue weighted by Crippen LogP contribution is 2.25. The number of aldehydes is 1. The lowest BCUT2D eigenvalue weighted by Gasteiger charge is -2.04. The van der Waals surface area contributed by atoms with Crippen LogP contribution in [0.4, 0.5) is 0 Å². The Morgan fingerprint density at radius 2 is 1.94 bits per heavy atom. The van der Waals surface area contributed by atoms with Gasteiger partial charge in [-0.25, -0.2) is 0 Å². The summed E-state index contributed by atoms with van der Waals surface area (Å²) < 4.78 is 0. The molecule has 2 rings (SSSR count). The molecule has 0 aliphatic heterocycles. The van der Waals surface area contributed by atoms with Crippen LogP contribution < -0.4 is 0 Å². The van der Waals surface area contributed by atoms with Gasteiger partial charge in [0.15, 0.2) is 0 Å². The summed E-state index contributed by atoms with van der Waals surface area (Å²) in [4.78, 5) is 10.7. The summed E-state index contributed by atoms with van der Waals surface area (Å²) in [6.07, 6.45) is 0.791. The number of nitriles is 1. The second kappa shape index (κ2) is 4.82. The Bertz CT molecular complexity index is 614. The van der Waals surface area contributed by atoms with Gasteiger partial charge in [-0.05, 0) is 35.4 Å². The lowest BCUT2D eigenvalue weighted by Crippen LogP contribution is -1.84. The third-order valence-electron chi connectivity index (χ3n) is 2.38. The quantitative estimate of drug-likeness (QED) is 0.753. The van der Waals surface area contributed by atoms with E-state index in [2.05, 4.69) is 6.07 Å². The number of carbonyl (C=O) groups excluding carboxylic acids is 1. The molecule has 3 heteroatoms. The molecule has 0 atom stereocenters. The fourth-order valence-corrected chi connectivity index (χ4v) is 1.85. The van der Waals surface area contributed by atoms with Gasteiger partial charge in [0.1, 0.15) is 6.29 Å². The van der Waals surface area contributed by atoms with E-state index in [1.807, 2.05) is 6.07 Å². The number of nitrogens with zero attached hydrogens (tertiary/aromatic N) is 1. The molecule has 0 saturated carbocycles. The largest absolute Gasteiger partial charge is 0.298 e. The van der Waals surface area contributed by atoms with Crippen LogP contribution in [0, 0.1) is 11.3 Å². The van der Waals surface area contributed by atoms with E-state index in [0.717, 1.165) is 17.4 Å². The molecule has 0 amide bonds. The van der Waals surface area contributed by atoms with E-state index in [-0.39, 0.29) is 0 Å². The molecule has 0 aliphatic carbocycles. The maximum absolute atomic E-state index is 10.7. The van der Waals surface area contributed by atoms with Crippen molar-refractivity contribution < 1.29 is 4.79 Å². The molecule has 2 nitrogen and oxygen atoms in total. The molecular weight excluding hydrogens is 234 g/mol. The third-order valence-corrected chi connectivity index (χ3v) is 2.60. The minimum absolute atomic E-state index is 0.504. The molecule has 0 saturated heterocycles. The predicted octanol–water partition coefficient (Wildman–Crippen LogP) is 3.69. The van der Waals surface area contributed by atoms with Gasteiger partial charge in [0, 0.05) is 10.6 Å². The van der Waals surface area contributed by atoms with Gasteiger partial charge >= 0.3 is 0 Å². The number of hydrogen-bond donors (Lipinski definition) is 0. The van der Waals surface area contributed by atoms with Crippen molar-refractivity contribution >= 4 is 17.9 Å². The fraction of sp³-hybridized carbons (Fsp3) is 0. The van der Waals surface area contributed by atoms with Gasteiger partial charge in [-0.15, -0.1) is 0 Å². The van der Waals surface area contributed by atoms with Crippen molar-refractivity contribution in [3.05, 3.63) is 58.6 Å². The average molecular weight is 242 g/mol. The Balaban J connectivity index is 2.56. The monoisotopic (exact) mass is 241 g/mol. The zero-order valence-electron chi connectivity index (χ0n) is 8.85. The van der Waals surface area contributed by atoms with Crippen LogP contribution in [0.3, 0.4) is 0 Å². The first kappa shape index (κ1) is 11.4. The highest BCUT2D eigenvalue weighted by Gasteiger charge is 2.03. The van der Waals surface area contributed by atoms with Crippen LogP contribution in [0.5, 0.6) is 0 Å². The van der Waals surface area contributed by atoms with Crippen molar-refractivity contribution in [3.8, 4) is 17.2 Å². The molecule has 2 aromatic rings. The lowest BCUT2D eigenvalue weighted by atomic mass is 10.0. The lowest BCUT2D eigenvalue weighted by molar-refractivity contribution is 0.112. The first-order valence-corrected chi connectivity index (χ1v) is 5.37. The summed E-state index contributed by atoms with van der Waals surface area (Å²) in [5.41, 5.74) is 2.80. The molecule has 0 N–H and O–H groups in total. The number of benzene rings is 2.